The van der Waals surface area contributed by atoms with Crippen LogP contribution in [0.25, 0.3) is 0 Å². The van der Waals surface area contributed by atoms with Crippen LogP contribution in [0.3, 0.4) is 0 Å². The van der Waals surface area contributed by atoms with E-state index in [4.69, 9.17) is 4.74 Å². The molecule has 1 unspecified atom stereocenters. The summed E-state index contributed by atoms with van der Waals surface area (Å²) in [7, 11) is -2.21. The van der Waals surface area contributed by atoms with E-state index in [1.54, 1.807) is 36.8 Å². The molecule has 2 aromatic carbocycles. The molecule has 10 nitrogen and oxygen atoms in total. The van der Waals surface area contributed by atoms with Gasteiger partial charge in [-0.15, -0.1) is 11.3 Å². The number of sulfonamides is 1. The molecule has 1 aliphatic rings. The molecule has 1 aliphatic heterocycles. The zero-order chi connectivity index (χ0) is 24.1. The largest absolute Gasteiger partial charge is 0.497 e. The topological polar surface area (TPSA) is 139 Å². The summed E-state index contributed by atoms with van der Waals surface area (Å²) < 4.78 is 32.3. The fourth-order valence-corrected chi connectivity index (χ4v) is 5.69. The van der Waals surface area contributed by atoms with Crippen molar-refractivity contribution in [2.45, 2.75) is 16.6 Å². The van der Waals surface area contributed by atoms with Crippen LogP contribution in [0.4, 0.5) is 16.5 Å². The maximum atomic E-state index is 12.4. The number of thioether (sulfide) groups is 1. The fourth-order valence-electron chi connectivity index (χ4n) is 2.91. The first-order valence-electron chi connectivity index (χ1n) is 9.85. The number of amidine groups is 1. The number of nitrogens with one attached hydrogen (secondary N) is 3. The molecule has 4 rings (SSSR count). The molecule has 0 spiro atoms. The molecule has 1 atom stereocenters. The summed E-state index contributed by atoms with van der Waals surface area (Å²) in [5, 5.41) is 7.05. The number of rotatable bonds is 8. The van der Waals surface area contributed by atoms with Crippen LogP contribution in [0.15, 0.2) is 70.0 Å². The van der Waals surface area contributed by atoms with Crippen LogP contribution in [0, 0.1) is 0 Å². The SMILES string of the molecule is COc1ccc(NC(=O)CC2SC(=Nc3ccc(S(=O)(=O)Nc4nccs4)cc3)NC2=O)cc1. The van der Waals surface area contributed by atoms with E-state index in [0.717, 1.165) is 11.8 Å². The normalized spacial score (nSPS) is 16.8. The predicted molar refractivity (Wildman–Crippen MR) is 132 cm³/mol. The lowest BCUT2D eigenvalue weighted by atomic mass is 10.2. The van der Waals surface area contributed by atoms with E-state index in [1.807, 2.05) is 0 Å². The molecule has 0 aliphatic carbocycles. The minimum absolute atomic E-state index is 0.0266. The number of aromatic nitrogens is 1. The number of methoxy groups -OCH3 is 1. The number of benzene rings is 2. The maximum Gasteiger partial charge on any atom is 0.263 e. The number of carbonyl (C=O) groups is 2. The number of carbonyl (C=O) groups excluding carboxylic acids is 2. The van der Waals surface area contributed by atoms with Crippen LogP contribution >= 0.6 is 23.1 Å². The number of hydrogen-bond acceptors (Lipinski definition) is 9. The van der Waals surface area contributed by atoms with Crippen molar-refractivity contribution in [1.82, 2.24) is 10.3 Å². The molecule has 1 aromatic heterocycles. The number of anilines is 2. The second kappa shape index (κ2) is 10.2. The molecule has 3 aromatic rings. The third kappa shape index (κ3) is 5.92. The first-order valence-corrected chi connectivity index (χ1v) is 13.1. The second-order valence-corrected chi connectivity index (χ2v) is 10.7. The Hall–Kier alpha value is -3.42. The van der Waals surface area contributed by atoms with Crippen LogP contribution in [0.5, 0.6) is 5.75 Å². The molecular weight excluding hydrogens is 498 g/mol. The quantitative estimate of drug-likeness (QED) is 0.417. The van der Waals surface area contributed by atoms with Gasteiger partial charge in [0, 0.05) is 23.7 Å². The van der Waals surface area contributed by atoms with Gasteiger partial charge in [0.05, 0.1) is 17.7 Å². The Morgan fingerprint density at radius 1 is 1.18 bits per heavy atom. The first-order chi connectivity index (χ1) is 16.3. The van der Waals surface area contributed by atoms with Crippen molar-refractivity contribution in [3.8, 4) is 5.75 Å². The number of hydrogen-bond donors (Lipinski definition) is 3. The second-order valence-electron chi connectivity index (χ2n) is 6.93. The van der Waals surface area contributed by atoms with E-state index in [1.165, 1.54) is 41.8 Å². The van der Waals surface area contributed by atoms with Gasteiger partial charge in [-0.3, -0.25) is 14.3 Å². The highest BCUT2D eigenvalue weighted by Gasteiger charge is 2.32. The minimum Gasteiger partial charge on any atom is -0.497 e. The van der Waals surface area contributed by atoms with Crippen LogP contribution < -0.4 is 20.1 Å². The van der Waals surface area contributed by atoms with Gasteiger partial charge >= 0.3 is 0 Å². The Kier molecular flexibility index (Phi) is 7.14. The first kappa shape index (κ1) is 23.7. The summed E-state index contributed by atoms with van der Waals surface area (Å²) in [5.74, 6) is 0.0489. The van der Waals surface area contributed by atoms with E-state index in [2.05, 4.69) is 25.3 Å². The summed E-state index contributed by atoms with van der Waals surface area (Å²) in [6, 6.07) is 12.8. The lowest BCUT2D eigenvalue weighted by Gasteiger charge is -2.08. The van der Waals surface area contributed by atoms with Gasteiger partial charge in [-0.2, -0.15) is 0 Å². The monoisotopic (exact) mass is 517 g/mol. The van der Waals surface area contributed by atoms with E-state index in [-0.39, 0.29) is 28.3 Å². The Bertz CT molecular complexity index is 1310. The van der Waals surface area contributed by atoms with Gasteiger partial charge in [0.1, 0.15) is 11.0 Å². The fraction of sp³-hybridized carbons (Fsp3) is 0.143. The lowest BCUT2D eigenvalue weighted by Crippen LogP contribution is -2.28. The van der Waals surface area contributed by atoms with E-state index in [9.17, 15) is 18.0 Å². The molecule has 0 radical (unpaired) electrons. The average Bonchev–Trinajstić information content (AvgIpc) is 3.43. The van der Waals surface area contributed by atoms with Gasteiger partial charge in [-0.05, 0) is 48.5 Å². The predicted octanol–water partition coefficient (Wildman–Crippen LogP) is 3.20. The Balaban J connectivity index is 1.35. The Morgan fingerprint density at radius 3 is 2.56 bits per heavy atom. The zero-order valence-corrected chi connectivity index (χ0v) is 20.2. The van der Waals surface area contributed by atoms with Gasteiger partial charge in [0.2, 0.25) is 11.8 Å². The van der Waals surface area contributed by atoms with Gasteiger partial charge < -0.3 is 15.4 Å². The lowest BCUT2D eigenvalue weighted by molar-refractivity contribution is -0.122. The van der Waals surface area contributed by atoms with Crippen molar-refractivity contribution in [3.63, 3.8) is 0 Å². The smallest absolute Gasteiger partial charge is 0.263 e. The third-order valence-corrected chi connectivity index (χ3v) is 7.81. The number of ether oxygens (including phenoxy) is 1. The molecule has 2 heterocycles. The number of aliphatic imine (C=N–C) groups is 1. The highest BCUT2D eigenvalue weighted by atomic mass is 32.2. The molecule has 176 valence electrons. The van der Waals surface area contributed by atoms with Crippen LogP contribution in [-0.4, -0.2) is 42.7 Å². The van der Waals surface area contributed by atoms with Gasteiger partial charge in [-0.25, -0.2) is 18.4 Å². The van der Waals surface area contributed by atoms with Crippen molar-refractivity contribution in [2.24, 2.45) is 4.99 Å². The van der Waals surface area contributed by atoms with E-state index >= 15 is 0 Å². The highest BCUT2D eigenvalue weighted by molar-refractivity contribution is 8.15. The molecular formula is C21H19N5O5S3. The molecule has 13 heteroatoms. The number of amides is 2. The Labute approximate surface area is 203 Å². The van der Waals surface area contributed by atoms with Gasteiger partial charge in [-0.1, -0.05) is 11.8 Å². The van der Waals surface area contributed by atoms with Crippen LogP contribution in [0.1, 0.15) is 6.42 Å². The minimum atomic E-state index is -3.77. The molecule has 3 N–H and O–H groups in total. The van der Waals surface area contributed by atoms with E-state index < -0.39 is 15.3 Å². The third-order valence-electron chi connectivity index (χ3n) is 4.55. The van der Waals surface area contributed by atoms with Crippen molar-refractivity contribution in [2.75, 3.05) is 17.1 Å². The number of thiazole rings is 1. The Morgan fingerprint density at radius 2 is 1.91 bits per heavy atom. The summed E-state index contributed by atoms with van der Waals surface area (Å²) >= 11 is 2.32. The van der Waals surface area contributed by atoms with Crippen LogP contribution in [-0.2, 0) is 19.6 Å². The standard InChI is InChI=1S/C21H19N5O5S3/c1-31-15-6-2-13(3-7-15)23-18(27)12-17-19(28)25-21(33-17)24-14-4-8-16(9-5-14)34(29,30)26-20-22-10-11-32-20/h2-11,17H,12H2,1H3,(H,22,26)(H,23,27)(H,24,25,28). The van der Waals surface area contributed by atoms with Crippen molar-refractivity contribution >= 4 is 66.6 Å². The molecule has 0 bridgehead atoms. The van der Waals surface area contributed by atoms with E-state index in [0.29, 0.717) is 22.3 Å². The number of nitrogens with zero attached hydrogens (tertiary/aromatic N) is 2. The van der Waals surface area contributed by atoms with Crippen molar-refractivity contribution in [1.29, 1.82) is 0 Å². The molecule has 1 saturated heterocycles. The summed E-state index contributed by atoms with van der Waals surface area (Å²) in [6.07, 6.45) is 1.48. The van der Waals surface area contributed by atoms with Gasteiger partial charge in [0.15, 0.2) is 10.3 Å². The summed E-state index contributed by atoms with van der Waals surface area (Å²) in [5.41, 5.74) is 1.06. The molecule has 1 fully saturated rings. The average molecular weight is 518 g/mol. The zero-order valence-electron chi connectivity index (χ0n) is 17.7. The molecule has 34 heavy (non-hydrogen) atoms. The van der Waals surface area contributed by atoms with Gasteiger partial charge in [0.25, 0.3) is 10.0 Å². The summed E-state index contributed by atoms with van der Waals surface area (Å²) in [4.78, 5) is 32.9. The molecule has 2 amide bonds. The maximum absolute atomic E-state index is 12.4. The van der Waals surface area contributed by atoms with Crippen molar-refractivity contribution < 1.29 is 22.7 Å². The molecule has 0 saturated carbocycles. The summed E-state index contributed by atoms with van der Waals surface area (Å²) in [6.45, 7) is 0. The van der Waals surface area contributed by atoms with Crippen LogP contribution in [0.2, 0.25) is 0 Å². The highest BCUT2D eigenvalue weighted by Crippen LogP contribution is 2.27. The van der Waals surface area contributed by atoms with Crippen molar-refractivity contribution in [3.05, 3.63) is 60.1 Å².